The topological polar surface area (TPSA) is 21.3 Å². The number of likely N-dealkylation sites (N-methyl/N-ethyl adjacent to an activating group) is 1. The van der Waals surface area contributed by atoms with Gasteiger partial charge < -0.3 is 10.1 Å². The molecule has 0 saturated heterocycles. The van der Waals surface area contributed by atoms with E-state index in [9.17, 15) is 13.2 Å². The second kappa shape index (κ2) is 8.54. The van der Waals surface area contributed by atoms with Crippen molar-refractivity contribution < 1.29 is 17.9 Å². The molecule has 1 aromatic rings. The van der Waals surface area contributed by atoms with Crippen LogP contribution in [0.5, 0.6) is 5.75 Å². The first-order valence-corrected chi connectivity index (χ1v) is 8.04. The van der Waals surface area contributed by atoms with Crippen LogP contribution >= 0.6 is 11.8 Å². The zero-order valence-electron chi connectivity index (χ0n) is 12.5. The average molecular weight is 321 g/mol. The smallest absolute Gasteiger partial charge is 0.406 e. The minimum Gasteiger partial charge on any atom is -0.406 e. The SMILES string of the molecule is CCNC(CSC(C)C)Cc1ccc(OC(F)(F)F)cc1. The van der Waals surface area contributed by atoms with Gasteiger partial charge in [0, 0.05) is 11.8 Å². The molecule has 0 heterocycles. The molecule has 0 spiro atoms. The lowest BCUT2D eigenvalue weighted by atomic mass is 10.1. The first-order valence-electron chi connectivity index (χ1n) is 7.00. The second-order valence-corrected chi connectivity index (χ2v) is 6.64. The fourth-order valence-electron chi connectivity index (χ4n) is 1.90. The van der Waals surface area contributed by atoms with Crippen molar-refractivity contribution in [2.75, 3.05) is 12.3 Å². The summed E-state index contributed by atoms with van der Waals surface area (Å²) in [6, 6.07) is 6.41. The average Bonchev–Trinajstić information content (AvgIpc) is 2.37. The lowest BCUT2D eigenvalue weighted by Gasteiger charge is -2.19. The van der Waals surface area contributed by atoms with Crippen molar-refractivity contribution in [1.29, 1.82) is 0 Å². The van der Waals surface area contributed by atoms with Gasteiger partial charge in [-0.2, -0.15) is 11.8 Å². The number of benzene rings is 1. The van der Waals surface area contributed by atoms with Gasteiger partial charge in [0.1, 0.15) is 5.75 Å². The summed E-state index contributed by atoms with van der Waals surface area (Å²) in [4.78, 5) is 0. The first-order chi connectivity index (χ1) is 9.80. The van der Waals surface area contributed by atoms with Crippen molar-refractivity contribution in [3.05, 3.63) is 29.8 Å². The van der Waals surface area contributed by atoms with Crippen LogP contribution in [0.25, 0.3) is 0 Å². The fraction of sp³-hybridized carbons (Fsp3) is 0.600. The summed E-state index contributed by atoms with van der Waals surface area (Å²) in [5, 5.41) is 3.97. The standard InChI is InChI=1S/C15H22F3NOS/c1-4-19-13(10-21-11(2)3)9-12-5-7-14(8-6-12)20-15(16,17)18/h5-8,11,13,19H,4,9-10H2,1-3H3. The van der Waals surface area contributed by atoms with Gasteiger partial charge in [0.05, 0.1) is 0 Å². The van der Waals surface area contributed by atoms with Gasteiger partial charge in [-0.3, -0.25) is 0 Å². The Morgan fingerprint density at radius 2 is 1.81 bits per heavy atom. The number of thioether (sulfide) groups is 1. The summed E-state index contributed by atoms with van der Waals surface area (Å²) in [6.07, 6.45) is -3.85. The highest BCUT2D eigenvalue weighted by Crippen LogP contribution is 2.23. The molecule has 1 N–H and O–H groups in total. The van der Waals surface area contributed by atoms with Crippen molar-refractivity contribution in [3.63, 3.8) is 0 Å². The van der Waals surface area contributed by atoms with Crippen LogP contribution in [0.2, 0.25) is 0 Å². The van der Waals surface area contributed by atoms with E-state index in [-0.39, 0.29) is 5.75 Å². The highest BCUT2D eigenvalue weighted by Gasteiger charge is 2.30. The lowest BCUT2D eigenvalue weighted by Crippen LogP contribution is -2.33. The molecule has 0 saturated carbocycles. The van der Waals surface area contributed by atoms with E-state index in [1.165, 1.54) is 12.1 Å². The maximum atomic E-state index is 12.1. The number of rotatable bonds is 8. The van der Waals surface area contributed by atoms with Crippen molar-refractivity contribution in [1.82, 2.24) is 5.32 Å². The van der Waals surface area contributed by atoms with E-state index in [4.69, 9.17) is 0 Å². The summed E-state index contributed by atoms with van der Waals surface area (Å²) in [5.74, 6) is 0.801. The van der Waals surface area contributed by atoms with Gasteiger partial charge in [-0.25, -0.2) is 0 Å². The third kappa shape index (κ3) is 8.21. The Morgan fingerprint density at radius 3 is 2.29 bits per heavy atom. The van der Waals surface area contributed by atoms with Gasteiger partial charge in [0.2, 0.25) is 0 Å². The molecule has 1 atom stereocenters. The third-order valence-corrected chi connectivity index (χ3v) is 4.02. The van der Waals surface area contributed by atoms with Gasteiger partial charge >= 0.3 is 6.36 Å². The zero-order valence-corrected chi connectivity index (χ0v) is 13.4. The molecule has 1 rings (SSSR count). The number of ether oxygens (including phenoxy) is 1. The summed E-state index contributed by atoms with van der Waals surface area (Å²) >= 11 is 1.87. The van der Waals surface area contributed by atoms with E-state index >= 15 is 0 Å². The Morgan fingerprint density at radius 1 is 1.19 bits per heavy atom. The van der Waals surface area contributed by atoms with Gasteiger partial charge in [0.25, 0.3) is 0 Å². The molecule has 120 valence electrons. The van der Waals surface area contributed by atoms with Gasteiger partial charge in [-0.05, 0) is 35.9 Å². The second-order valence-electron chi connectivity index (χ2n) is 5.03. The molecule has 0 aliphatic carbocycles. The molecule has 1 unspecified atom stereocenters. The van der Waals surface area contributed by atoms with Gasteiger partial charge in [-0.1, -0.05) is 32.9 Å². The fourth-order valence-corrected chi connectivity index (χ4v) is 2.75. The Bertz CT molecular complexity index is 406. The van der Waals surface area contributed by atoms with Crippen LogP contribution < -0.4 is 10.1 Å². The zero-order chi connectivity index (χ0) is 15.9. The molecule has 0 aliphatic rings. The quantitative estimate of drug-likeness (QED) is 0.773. The van der Waals surface area contributed by atoms with Crippen LogP contribution in [0, 0.1) is 0 Å². The number of alkyl halides is 3. The predicted molar refractivity (Wildman–Crippen MR) is 81.9 cm³/mol. The molecule has 0 radical (unpaired) electrons. The Hall–Kier alpha value is -0.880. The molecule has 0 aliphatic heterocycles. The van der Waals surface area contributed by atoms with Crippen LogP contribution in [-0.4, -0.2) is 30.0 Å². The molecule has 21 heavy (non-hydrogen) atoms. The van der Waals surface area contributed by atoms with Crippen LogP contribution in [0.4, 0.5) is 13.2 Å². The molecule has 0 fully saturated rings. The molecule has 6 heteroatoms. The van der Waals surface area contributed by atoms with E-state index in [2.05, 4.69) is 23.9 Å². The predicted octanol–water partition coefficient (Wildman–Crippen LogP) is 4.25. The minimum atomic E-state index is -4.64. The summed E-state index contributed by atoms with van der Waals surface area (Å²) in [6.45, 7) is 7.22. The number of hydrogen-bond acceptors (Lipinski definition) is 3. The van der Waals surface area contributed by atoms with E-state index in [0.717, 1.165) is 24.3 Å². The Balaban J connectivity index is 2.58. The van der Waals surface area contributed by atoms with Crippen LogP contribution in [0.1, 0.15) is 26.3 Å². The lowest BCUT2D eigenvalue weighted by molar-refractivity contribution is -0.274. The molecule has 0 bridgehead atoms. The third-order valence-electron chi connectivity index (χ3n) is 2.76. The van der Waals surface area contributed by atoms with Gasteiger partial charge in [0.15, 0.2) is 0 Å². The summed E-state index contributed by atoms with van der Waals surface area (Å²) < 4.78 is 40.1. The summed E-state index contributed by atoms with van der Waals surface area (Å²) in [5.41, 5.74) is 1.000. The molecule has 2 nitrogen and oxygen atoms in total. The molecule has 0 amide bonds. The number of halogens is 3. The molecular weight excluding hydrogens is 299 g/mol. The van der Waals surface area contributed by atoms with E-state index in [1.807, 2.05) is 18.7 Å². The van der Waals surface area contributed by atoms with Gasteiger partial charge in [-0.15, -0.1) is 13.2 Å². The minimum absolute atomic E-state index is 0.178. The monoisotopic (exact) mass is 321 g/mol. The van der Waals surface area contributed by atoms with Crippen LogP contribution in [0.3, 0.4) is 0 Å². The van der Waals surface area contributed by atoms with Crippen molar-refractivity contribution in [2.45, 2.75) is 44.8 Å². The largest absolute Gasteiger partial charge is 0.573 e. The maximum absolute atomic E-state index is 12.1. The highest BCUT2D eigenvalue weighted by atomic mass is 32.2. The van der Waals surface area contributed by atoms with Crippen LogP contribution in [0.15, 0.2) is 24.3 Å². The molecule has 1 aromatic carbocycles. The Kier molecular flexibility index (Phi) is 7.39. The van der Waals surface area contributed by atoms with E-state index in [0.29, 0.717) is 11.3 Å². The number of hydrogen-bond donors (Lipinski definition) is 1. The van der Waals surface area contributed by atoms with Crippen molar-refractivity contribution in [2.24, 2.45) is 0 Å². The molecular formula is C15H22F3NOS. The van der Waals surface area contributed by atoms with Crippen molar-refractivity contribution in [3.8, 4) is 5.75 Å². The van der Waals surface area contributed by atoms with E-state index in [1.54, 1.807) is 12.1 Å². The normalized spacial score (nSPS) is 13.5. The molecule has 0 aromatic heterocycles. The first kappa shape index (κ1) is 18.2. The Labute approximate surface area is 128 Å². The van der Waals surface area contributed by atoms with Crippen LogP contribution in [-0.2, 0) is 6.42 Å². The summed E-state index contributed by atoms with van der Waals surface area (Å²) in [7, 11) is 0. The number of nitrogens with one attached hydrogen (secondary N) is 1. The highest BCUT2D eigenvalue weighted by molar-refractivity contribution is 7.99. The maximum Gasteiger partial charge on any atom is 0.573 e. The van der Waals surface area contributed by atoms with E-state index < -0.39 is 6.36 Å². The van der Waals surface area contributed by atoms with Crippen molar-refractivity contribution >= 4 is 11.8 Å².